The summed E-state index contributed by atoms with van der Waals surface area (Å²) in [5.41, 5.74) is 1.19. The van der Waals surface area contributed by atoms with Crippen LogP contribution in [0.1, 0.15) is 34.5 Å². The molecule has 1 aliphatic carbocycles. The monoisotopic (exact) mass is 369 g/mol. The zero-order chi connectivity index (χ0) is 14.5. The van der Waals surface area contributed by atoms with E-state index in [0.717, 1.165) is 24.3 Å². The Morgan fingerprint density at radius 3 is 2.91 bits per heavy atom. The summed E-state index contributed by atoms with van der Waals surface area (Å²) >= 11 is 1.73. The Kier molecular flexibility index (Phi) is 10.2. The number of carbonyl (C=O) groups excluding carboxylic acids is 1. The topological polar surface area (TPSA) is 54.5 Å². The molecule has 1 aliphatic rings. The van der Waals surface area contributed by atoms with Crippen molar-refractivity contribution in [2.75, 3.05) is 33.9 Å². The van der Waals surface area contributed by atoms with Crippen LogP contribution in [0.2, 0.25) is 0 Å². The lowest BCUT2D eigenvalue weighted by Gasteiger charge is -2.30. The minimum absolute atomic E-state index is 0. The average Bonchev–Trinajstić information content (AvgIpc) is 2.82. The molecule has 128 valence electrons. The third-order valence-electron chi connectivity index (χ3n) is 3.65. The Hall–Kier alpha value is -0.400. The summed E-state index contributed by atoms with van der Waals surface area (Å²) in [5, 5.41) is 4.20. The minimum atomic E-state index is 0. The smallest absolute Gasteiger partial charge is 0.236 e. The molecule has 2 rings (SSSR count). The minimum Gasteiger partial charge on any atom is -0.383 e. The lowest BCUT2D eigenvalue weighted by atomic mass is 9.97. The molecule has 1 aromatic rings. The van der Waals surface area contributed by atoms with Crippen LogP contribution in [0.4, 0.5) is 0 Å². The number of aromatic nitrogens is 1. The molecule has 1 N–H and O–H groups in total. The second-order valence-corrected chi connectivity index (χ2v) is 6.36. The Bertz CT molecular complexity index is 471. The van der Waals surface area contributed by atoms with Gasteiger partial charge in [0.2, 0.25) is 5.91 Å². The van der Waals surface area contributed by atoms with E-state index in [4.69, 9.17) is 4.74 Å². The van der Waals surface area contributed by atoms with Crippen LogP contribution in [-0.4, -0.2) is 49.6 Å². The largest absolute Gasteiger partial charge is 0.383 e. The number of carbonyl (C=O) groups is 1. The molecular formula is C14H25Cl2N3O2S. The number of hydrogen-bond acceptors (Lipinski definition) is 5. The van der Waals surface area contributed by atoms with Crippen molar-refractivity contribution < 1.29 is 9.53 Å². The van der Waals surface area contributed by atoms with Crippen LogP contribution in [0.25, 0.3) is 0 Å². The summed E-state index contributed by atoms with van der Waals surface area (Å²) < 4.78 is 4.96. The van der Waals surface area contributed by atoms with E-state index in [0.29, 0.717) is 19.7 Å². The maximum atomic E-state index is 12.2. The fourth-order valence-electron chi connectivity index (χ4n) is 2.56. The molecule has 1 atom stereocenters. The van der Waals surface area contributed by atoms with Crippen molar-refractivity contribution in [1.82, 2.24) is 15.2 Å². The molecule has 0 saturated carbocycles. The van der Waals surface area contributed by atoms with E-state index in [1.807, 2.05) is 18.9 Å². The van der Waals surface area contributed by atoms with Crippen molar-refractivity contribution in [3.05, 3.63) is 15.6 Å². The number of rotatable bonds is 6. The van der Waals surface area contributed by atoms with Gasteiger partial charge in [0.1, 0.15) is 0 Å². The number of nitrogens with one attached hydrogen (secondary N) is 1. The zero-order valence-electron chi connectivity index (χ0n) is 13.3. The van der Waals surface area contributed by atoms with Crippen LogP contribution in [0.3, 0.4) is 0 Å². The number of hydrogen-bond donors (Lipinski definition) is 1. The molecular weight excluding hydrogens is 345 g/mol. The maximum absolute atomic E-state index is 12.2. The van der Waals surface area contributed by atoms with Gasteiger partial charge in [-0.25, -0.2) is 4.98 Å². The van der Waals surface area contributed by atoms with Gasteiger partial charge in [-0.1, -0.05) is 0 Å². The quantitative estimate of drug-likeness (QED) is 0.782. The predicted octanol–water partition coefficient (Wildman–Crippen LogP) is 2.37. The van der Waals surface area contributed by atoms with E-state index in [9.17, 15) is 4.79 Å². The molecule has 1 unspecified atom stereocenters. The molecule has 1 heterocycles. The number of aryl methyl sites for hydroxylation is 2. The van der Waals surface area contributed by atoms with Gasteiger partial charge in [-0.3, -0.25) is 4.79 Å². The molecule has 0 bridgehead atoms. The number of likely N-dealkylation sites (N-methyl/N-ethyl adjacent to an activating group) is 1. The third kappa shape index (κ3) is 5.35. The highest BCUT2D eigenvalue weighted by atomic mass is 35.5. The molecule has 0 radical (unpaired) electrons. The van der Waals surface area contributed by atoms with Gasteiger partial charge in [-0.2, -0.15) is 0 Å². The average molecular weight is 370 g/mol. The fourth-order valence-corrected chi connectivity index (χ4v) is 3.71. The van der Waals surface area contributed by atoms with Gasteiger partial charge in [0.05, 0.1) is 34.8 Å². The molecule has 1 aromatic heterocycles. The highest BCUT2D eigenvalue weighted by Crippen LogP contribution is 2.37. The number of fused-ring (bicyclic) bond motifs is 1. The van der Waals surface area contributed by atoms with Gasteiger partial charge in [-0.05, 0) is 26.2 Å². The van der Waals surface area contributed by atoms with Gasteiger partial charge in [0.25, 0.3) is 0 Å². The second kappa shape index (κ2) is 10.4. The summed E-state index contributed by atoms with van der Waals surface area (Å²) in [7, 11) is 3.56. The van der Waals surface area contributed by atoms with Crippen LogP contribution < -0.4 is 5.32 Å². The van der Waals surface area contributed by atoms with E-state index in [1.54, 1.807) is 18.4 Å². The number of thiazole rings is 1. The molecule has 0 spiro atoms. The third-order valence-corrected chi connectivity index (χ3v) is 4.76. The van der Waals surface area contributed by atoms with Gasteiger partial charge in [0.15, 0.2) is 0 Å². The zero-order valence-corrected chi connectivity index (χ0v) is 15.7. The fraction of sp³-hybridized carbons (Fsp3) is 0.714. The lowest BCUT2D eigenvalue weighted by molar-refractivity contribution is -0.131. The van der Waals surface area contributed by atoms with E-state index in [-0.39, 0.29) is 36.8 Å². The highest BCUT2D eigenvalue weighted by Gasteiger charge is 2.29. The summed E-state index contributed by atoms with van der Waals surface area (Å²) in [6.45, 7) is 3.72. The van der Waals surface area contributed by atoms with Crippen molar-refractivity contribution in [3.63, 3.8) is 0 Å². The Balaban J connectivity index is 0.00000220. The number of halogens is 2. The van der Waals surface area contributed by atoms with Crippen LogP contribution >= 0.6 is 36.2 Å². The molecule has 8 heteroatoms. The Labute approximate surface area is 148 Å². The van der Waals surface area contributed by atoms with Gasteiger partial charge in [-0.15, -0.1) is 36.2 Å². The number of amides is 1. The summed E-state index contributed by atoms with van der Waals surface area (Å²) in [6, 6.07) is 0.196. The predicted molar refractivity (Wildman–Crippen MR) is 94.5 cm³/mol. The maximum Gasteiger partial charge on any atom is 0.236 e. The first-order valence-electron chi connectivity index (χ1n) is 7.05. The molecule has 5 nitrogen and oxygen atoms in total. The molecule has 1 amide bonds. The van der Waals surface area contributed by atoms with E-state index in [2.05, 4.69) is 10.3 Å². The van der Waals surface area contributed by atoms with Crippen molar-refractivity contribution in [1.29, 1.82) is 0 Å². The number of methoxy groups -OCH3 is 1. The van der Waals surface area contributed by atoms with Crippen molar-refractivity contribution >= 4 is 42.1 Å². The van der Waals surface area contributed by atoms with Crippen LogP contribution in [-0.2, 0) is 16.0 Å². The summed E-state index contributed by atoms with van der Waals surface area (Å²) in [5.74, 6) is 0.130. The molecule has 22 heavy (non-hydrogen) atoms. The highest BCUT2D eigenvalue weighted by molar-refractivity contribution is 7.11. The SMILES string of the molecule is COCCNCC(=O)N(C)C1CCCc2nc(C)sc21.Cl.Cl. The van der Waals surface area contributed by atoms with Crippen molar-refractivity contribution in [2.24, 2.45) is 0 Å². The van der Waals surface area contributed by atoms with Gasteiger partial charge in [0, 0.05) is 20.7 Å². The normalized spacial score (nSPS) is 16.2. The van der Waals surface area contributed by atoms with E-state index in [1.165, 1.54) is 10.6 Å². The van der Waals surface area contributed by atoms with Crippen LogP contribution in [0, 0.1) is 6.92 Å². The van der Waals surface area contributed by atoms with E-state index < -0.39 is 0 Å². The van der Waals surface area contributed by atoms with E-state index >= 15 is 0 Å². The molecule has 0 aromatic carbocycles. The van der Waals surface area contributed by atoms with Gasteiger partial charge >= 0.3 is 0 Å². The first kappa shape index (κ1) is 21.6. The van der Waals surface area contributed by atoms with Crippen LogP contribution in [0.5, 0.6) is 0 Å². The summed E-state index contributed by atoms with van der Waals surface area (Å²) in [6.07, 6.45) is 3.19. The Morgan fingerprint density at radius 1 is 1.50 bits per heavy atom. The lowest BCUT2D eigenvalue weighted by Crippen LogP contribution is -2.39. The van der Waals surface area contributed by atoms with Crippen molar-refractivity contribution in [2.45, 2.75) is 32.2 Å². The number of nitrogens with zero attached hydrogens (tertiary/aromatic N) is 2. The first-order valence-corrected chi connectivity index (χ1v) is 7.86. The molecule has 0 saturated heterocycles. The Morgan fingerprint density at radius 2 is 2.23 bits per heavy atom. The van der Waals surface area contributed by atoms with Crippen molar-refractivity contribution in [3.8, 4) is 0 Å². The number of ether oxygens (including phenoxy) is 1. The second-order valence-electron chi connectivity index (χ2n) is 5.13. The van der Waals surface area contributed by atoms with Gasteiger partial charge < -0.3 is 15.0 Å². The standard InChI is InChI=1S/C14H23N3O2S.2ClH/c1-10-16-11-5-4-6-12(14(11)20-10)17(2)13(18)9-15-7-8-19-3;;/h12,15H,4-9H2,1-3H3;2*1H. The van der Waals surface area contributed by atoms with Crippen LogP contribution in [0.15, 0.2) is 0 Å². The molecule has 0 fully saturated rings. The molecule has 0 aliphatic heterocycles. The first-order chi connectivity index (χ1) is 9.63. The summed E-state index contributed by atoms with van der Waals surface area (Å²) in [4.78, 5) is 20.0.